The number of hydrogen-bond donors (Lipinski definition) is 1. The molecule has 0 saturated heterocycles. The first-order chi connectivity index (χ1) is 14.5. The number of amides is 2. The average molecular weight is 404 g/mol. The van der Waals surface area contributed by atoms with E-state index >= 15 is 0 Å². The van der Waals surface area contributed by atoms with Crippen LogP contribution in [0.5, 0.6) is 0 Å². The molecule has 0 bridgehead atoms. The van der Waals surface area contributed by atoms with Crippen molar-refractivity contribution in [3.05, 3.63) is 53.2 Å². The molecule has 0 aliphatic rings. The zero-order chi connectivity index (χ0) is 21.7. The van der Waals surface area contributed by atoms with Crippen LogP contribution in [0, 0.1) is 11.3 Å². The number of imidazole rings is 1. The van der Waals surface area contributed by atoms with E-state index in [1.165, 1.54) is 6.07 Å². The number of carbonyl (C=O) groups excluding carboxylic acids is 2. The zero-order valence-electron chi connectivity index (χ0n) is 17.3. The maximum atomic E-state index is 12.7. The van der Waals surface area contributed by atoms with E-state index in [1.807, 2.05) is 26.8 Å². The second-order valence-corrected chi connectivity index (χ2v) is 6.78. The van der Waals surface area contributed by atoms with Crippen molar-refractivity contribution in [1.82, 2.24) is 19.4 Å². The van der Waals surface area contributed by atoms with Crippen LogP contribution in [0.1, 0.15) is 53.5 Å². The zero-order valence-corrected chi connectivity index (χ0v) is 17.3. The Hall–Kier alpha value is -3.73. The Labute approximate surface area is 175 Å². The van der Waals surface area contributed by atoms with Crippen LogP contribution in [-0.2, 0) is 6.54 Å². The number of anilines is 1. The summed E-state index contributed by atoms with van der Waals surface area (Å²) in [4.78, 5) is 36.1. The first-order valence-electron chi connectivity index (χ1n) is 9.99. The number of fused-ring (bicyclic) bond motifs is 1. The van der Waals surface area contributed by atoms with E-state index < -0.39 is 0 Å². The van der Waals surface area contributed by atoms with E-state index in [0.29, 0.717) is 53.4 Å². The number of nitrogens with zero attached hydrogens (tertiary/aromatic N) is 5. The average Bonchev–Trinajstić information content (AvgIpc) is 3.12. The predicted octanol–water partition coefficient (Wildman–Crippen LogP) is 3.45. The molecule has 2 amide bonds. The highest BCUT2D eigenvalue weighted by atomic mass is 16.2. The minimum absolute atomic E-state index is 0.0845. The van der Waals surface area contributed by atoms with E-state index in [1.54, 1.807) is 39.9 Å². The lowest BCUT2D eigenvalue weighted by Crippen LogP contribution is -2.31. The van der Waals surface area contributed by atoms with Gasteiger partial charge in [0.05, 0.1) is 17.2 Å². The van der Waals surface area contributed by atoms with Crippen molar-refractivity contribution in [3.63, 3.8) is 0 Å². The van der Waals surface area contributed by atoms with Crippen LogP contribution in [-0.4, -0.2) is 44.3 Å². The van der Waals surface area contributed by atoms with Crippen molar-refractivity contribution in [1.29, 1.82) is 5.26 Å². The Morgan fingerprint density at radius 2 is 2.00 bits per heavy atom. The maximum absolute atomic E-state index is 12.7. The van der Waals surface area contributed by atoms with Gasteiger partial charge in [-0.05, 0) is 44.5 Å². The molecule has 1 aromatic carbocycles. The van der Waals surface area contributed by atoms with Gasteiger partial charge in [0, 0.05) is 31.4 Å². The normalized spacial score (nSPS) is 10.6. The van der Waals surface area contributed by atoms with Gasteiger partial charge in [0.15, 0.2) is 5.65 Å². The topological polar surface area (TPSA) is 104 Å². The Morgan fingerprint density at radius 3 is 2.67 bits per heavy atom. The molecule has 0 radical (unpaired) electrons. The van der Waals surface area contributed by atoms with E-state index in [9.17, 15) is 9.59 Å². The minimum atomic E-state index is -0.367. The third kappa shape index (κ3) is 4.15. The minimum Gasteiger partial charge on any atom is -0.339 e. The number of carbonyl (C=O) groups is 2. The molecule has 1 N–H and O–H groups in total. The summed E-state index contributed by atoms with van der Waals surface area (Å²) in [5.74, 6) is -0.106. The smallest absolute Gasteiger partial charge is 0.258 e. The van der Waals surface area contributed by atoms with Gasteiger partial charge in [0.25, 0.3) is 11.8 Å². The van der Waals surface area contributed by atoms with Gasteiger partial charge < -0.3 is 4.90 Å². The lowest BCUT2D eigenvalue weighted by molar-refractivity contribution is 0.0764. The molecule has 30 heavy (non-hydrogen) atoms. The number of aromatic nitrogens is 3. The molecule has 3 aromatic rings. The number of rotatable bonds is 7. The standard InChI is InChI=1S/C22H24N6O2/c1-4-10-27(5-2)21(30)17-12-18-19(24-14-17)28(6-3)22(25-18)26-20(29)16-9-7-8-15(11-16)13-23/h7-9,11-12,14H,4-6,10H2,1-3H3,(H,25,26,29). The fourth-order valence-electron chi connectivity index (χ4n) is 3.28. The van der Waals surface area contributed by atoms with Gasteiger partial charge in [-0.15, -0.1) is 0 Å². The monoisotopic (exact) mass is 404 g/mol. The highest BCUT2D eigenvalue weighted by Crippen LogP contribution is 2.20. The van der Waals surface area contributed by atoms with Gasteiger partial charge in [-0.1, -0.05) is 13.0 Å². The molecule has 0 aliphatic heterocycles. The summed E-state index contributed by atoms with van der Waals surface area (Å²) >= 11 is 0. The summed E-state index contributed by atoms with van der Waals surface area (Å²) in [5.41, 5.74) is 2.37. The number of nitrogens with one attached hydrogen (secondary N) is 1. The molecular formula is C22H24N6O2. The van der Waals surface area contributed by atoms with Crippen molar-refractivity contribution in [2.24, 2.45) is 0 Å². The highest BCUT2D eigenvalue weighted by Gasteiger charge is 2.19. The van der Waals surface area contributed by atoms with Crippen LogP contribution in [0.3, 0.4) is 0 Å². The first kappa shape index (κ1) is 21.0. The fourth-order valence-corrected chi connectivity index (χ4v) is 3.28. The molecule has 0 saturated carbocycles. The summed E-state index contributed by atoms with van der Waals surface area (Å²) in [6.07, 6.45) is 2.43. The lowest BCUT2D eigenvalue weighted by atomic mass is 10.1. The molecule has 154 valence electrons. The quantitative estimate of drug-likeness (QED) is 0.649. The Balaban J connectivity index is 1.93. The van der Waals surface area contributed by atoms with Gasteiger partial charge in [0.2, 0.25) is 5.95 Å². The van der Waals surface area contributed by atoms with Crippen molar-refractivity contribution in [2.75, 3.05) is 18.4 Å². The Kier molecular flexibility index (Phi) is 6.42. The Morgan fingerprint density at radius 1 is 1.20 bits per heavy atom. The lowest BCUT2D eigenvalue weighted by Gasteiger charge is -2.19. The predicted molar refractivity (Wildman–Crippen MR) is 114 cm³/mol. The summed E-state index contributed by atoms with van der Waals surface area (Å²) in [5, 5.41) is 11.8. The van der Waals surface area contributed by atoms with Gasteiger partial charge in [-0.25, -0.2) is 9.97 Å². The summed E-state index contributed by atoms with van der Waals surface area (Å²) < 4.78 is 1.78. The fraction of sp³-hybridized carbons (Fsp3) is 0.318. The second-order valence-electron chi connectivity index (χ2n) is 6.78. The largest absolute Gasteiger partial charge is 0.339 e. The van der Waals surface area contributed by atoms with Crippen molar-refractivity contribution < 1.29 is 9.59 Å². The van der Waals surface area contributed by atoms with Gasteiger partial charge >= 0.3 is 0 Å². The first-order valence-corrected chi connectivity index (χ1v) is 9.99. The third-order valence-electron chi connectivity index (χ3n) is 4.79. The van der Waals surface area contributed by atoms with Gasteiger partial charge in [-0.3, -0.25) is 19.5 Å². The van der Waals surface area contributed by atoms with Crippen molar-refractivity contribution >= 4 is 28.9 Å². The molecule has 3 rings (SSSR count). The molecule has 0 aliphatic carbocycles. The van der Waals surface area contributed by atoms with Crippen molar-refractivity contribution in [3.8, 4) is 6.07 Å². The summed E-state index contributed by atoms with van der Waals surface area (Å²) in [7, 11) is 0. The van der Waals surface area contributed by atoms with Crippen LogP contribution < -0.4 is 5.32 Å². The van der Waals surface area contributed by atoms with Gasteiger partial charge in [-0.2, -0.15) is 5.26 Å². The molecular weight excluding hydrogens is 380 g/mol. The van der Waals surface area contributed by atoms with Crippen molar-refractivity contribution in [2.45, 2.75) is 33.7 Å². The second kappa shape index (κ2) is 9.18. The van der Waals surface area contributed by atoms with E-state index in [0.717, 1.165) is 6.42 Å². The third-order valence-corrected chi connectivity index (χ3v) is 4.79. The van der Waals surface area contributed by atoms with E-state index in [2.05, 4.69) is 15.3 Å². The number of nitriles is 1. The SMILES string of the molecule is CCCN(CC)C(=O)c1cnc2c(c1)nc(NC(=O)c1cccc(C#N)c1)n2CC. The van der Waals surface area contributed by atoms with Gasteiger partial charge in [0.1, 0.15) is 5.52 Å². The molecule has 8 heteroatoms. The number of aryl methyl sites for hydroxylation is 1. The summed E-state index contributed by atoms with van der Waals surface area (Å²) in [6, 6.07) is 10.2. The molecule has 0 unspecified atom stereocenters. The van der Waals surface area contributed by atoms with Crippen LogP contribution in [0.25, 0.3) is 11.2 Å². The molecule has 0 spiro atoms. The van der Waals surface area contributed by atoms with Crippen LogP contribution in [0.15, 0.2) is 36.5 Å². The maximum Gasteiger partial charge on any atom is 0.258 e. The summed E-state index contributed by atoms with van der Waals surface area (Å²) in [6.45, 7) is 7.74. The molecule has 2 aromatic heterocycles. The van der Waals surface area contributed by atoms with Crippen LogP contribution in [0.4, 0.5) is 5.95 Å². The van der Waals surface area contributed by atoms with Crippen LogP contribution in [0.2, 0.25) is 0 Å². The van der Waals surface area contributed by atoms with Crippen LogP contribution >= 0.6 is 0 Å². The van der Waals surface area contributed by atoms with E-state index in [-0.39, 0.29) is 11.8 Å². The number of pyridine rings is 1. The molecule has 2 heterocycles. The Bertz CT molecular complexity index is 1130. The molecule has 8 nitrogen and oxygen atoms in total. The number of benzene rings is 1. The van der Waals surface area contributed by atoms with E-state index in [4.69, 9.17) is 5.26 Å². The number of hydrogen-bond acceptors (Lipinski definition) is 5. The highest BCUT2D eigenvalue weighted by molar-refractivity contribution is 6.04. The molecule has 0 atom stereocenters. The molecule has 0 fully saturated rings.